The van der Waals surface area contributed by atoms with Crippen molar-refractivity contribution in [3.05, 3.63) is 36.0 Å². The van der Waals surface area contributed by atoms with Gasteiger partial charge in [-0.05, 0) is 44.8 Å². The van der Waals surface area contributed by atoms with E-state index in [2.05, 4.69) is 30.6 Å². The van der Waals surface area contributed by atoms with Gasteiger partial charge in [-0.25, -0.2) is 19.9 Å². The van der Waals surface area contributed by atoms with E-state index in [-0.39, 0.29) is 12.4 Å². The van der Waals surface area contributed by atoms with Crippen molar-refractivity contribution in [2.45, 2.75) is 26.2 Å². The molecular weight excluding hydrogens is 300 g/mol. The van der Waals surface area contributed by atoms with Crippen LogP contribution in [0, 0.1) is 12.8 Å². The number of hydrogen-bond acceptors (Lipinski definition) is 6. The van der Waals surface area contributed by atoms with E-state index in [1.165, 1.54) is 12.8 Å². The number of nitrogens with zero attached hydrogens (tertiary/aromatic N) is 4. The summed E-state index contributed by atoms with van der Waals surface area (Å²) in [6, 6.07) is 3.71. The van der Waals surface area contributed by atoms with Gasteiger partial charge in [-0.1, -0.05) is 0 Å². The third-order valence-corrected chi connectivity index (χ3v) is 3.64. The van der Waals surface area contributed by atoms with Gasteiger partial charge in [-0.2, -0.15) is 0 Å². The highest BCUT2D eigenvalue weighted by atomic mass is 35.5. The van der Waals surface area contributed by atoms with Gasteiger partial charge >= 0.3 is 0 Å². The van der Waals surface area contributed by atoms with Crippen molar-refractivity contribution in [3.8, 4) is 0 Å². The Hall–Kier alpha value is -1.79. The SMILES string of the molecule is Cc1cc(Nc2ncccn2)nc(CC2CCNCC2)n1.Cl. The molecule has 0 bridgehead atoms. The van der Waals surface area contributed by atoms with E-state index >= 15 is 0 Å². The lowest BCUT2D eigenvalue weighted by molar-refractivity contribution is 0.367. The summed E-state index contributed by atoms with van der Waals surface area (Å²) in [5.41, 5.74) is 0.965. The van der Waals surface area contributed by atoms with Crippen molar-refractivity contribution >= 4 is 24.2 Å². The van der Waals surface area contributed by atoms with Crippen LogP contribution in [-0.2, 0) is 6.42 Å². The zero-order chi connectivity index (χ0) is 14.5. The van der Waals surface area contributed by atoms with Gasteiger partial charge in [0, 0.05) is 30.6 Å². The summed E-state index contributed by atoms with van der Waals surface area (Å²) in [5, 5.41) is 6.52. The van der Waals surface area contributed by atoms with Crippen LogP contribution in [0.15, 0.2) is 24.5 Å². The van der Waals surface area contributed by atoms with Crippen LogP contribution >= 0.6 is 12.4 Å². The Morgan fingerprint density at radius 1 is 1.18 bits per heavy atom. The fraction of sp³-hybridized carbons (Fsp3) is 0.467. The first-order valence-electron chi connectivity index (χ1n) is 7.39. The van der Waals surface area contributed by atoms with Crippen molar-refractivity contribution < 1.29 is 0 Å². The Morgan fingerprint density at radius 2 is 1.91 bits per heavy atom. The molecule has 22 heavy (non-hydrogen) atoms. The van der Waals surface area contributed by atoms with Crippen molar-refractivity contribution in [1.29, 1.82) is 0 Å². The van der Waals surface area contributed by atoms with Gasteiger partial charge in [0.2, 0.25) is 5.95 Å². The second-order valence-electron chi connectivity index (χ2n) is 5.41. The number of aromatic nitrogens is 4. The number of aryl methyl sites for hydroxylation is 1. The zero-order valence-corrected chi connectivity index (χ0v) is 13.4. The number of rotatable bonds is 4. The summed E-state index contributed by atoms with van der Waals surface area (Å²) in [6.45, 7) is 4.18. The highest BCUT2D eigenvalue weighted by molar-refractivity contribution is 5.85. The average Bonchev–Trinajstić information content (AvgIpc) is 2.48. The normalized spacial score (nSPS) is 15.1. The lowest BCUT2D eigenvalue weighted by Crippen LogP contribution is -2.29. The van der Waals surface area contributed by atoms with E-state index < -0.39 is 0 Å². The fourth-order valence-electron chi connectivity index (χ4n) is 2.61. The van der Waals surface area contributed by atoms with Gasteiger partial charge in [0.05, 0.1) is 0 Å². The number of nitrogens with one attached hydrogen (secondary N) is 2. The first kappa shape index (κ1) is 16.6. The molecule has 0 radical (unpaired) electrons. The van der Waals surface area contributed by atoms with Crippen LogP contribution in [0.4, 0.5) is 11.8 Å². The third kappa shape index (κ3) is 4.61. The quantitative estimate of drug-likeness (QED) is 0.900. The molecule has 118 valence electrons. The monoisotopic (exact) mass is 320 g/mol. The lowest BCUT2D eigenvalue weighted by Gasteiger charge is -2.22. The highest BCUT2D eigenvalue weighted by Gasteiger charge is 2.15. The number of anilines is 2. The maximum atomic E-state index is 4.60. The Bertz CT molecular complexity index is 586. The van der Waals surface area contributed by atoms with Crippen molar-refractivity contribution in [2.24, 2.45) is 5.92 Å². The predicted molar refractivity (Wildman–Crippen MR) is 88.6 cm³/mol. The molecule has 0 atom stereocenters. The highest BCUT2D eigenvalue weighted by Crippen LogP contribution is 2.18. The molecule has 0 amide bonds. The van der Waals surface area contributed by atoms with Crippen LogP contribution in [0.3, 0.4) is 0 Å². The van der Waals surface area contributed by atoms with Gasteiger partial charge in [-0.3, -0.25) is 0 Å². The molecule has 1 saturated heterocycles. The largest absolute Gasteiger partial charge is 0.317 e. The third-order valence-electron chi connectivity index (χ3n) is 3.64. The van der Waals surface area contributed by atoms with Crippen LogP contribution in [0.5, 0.6) is 0 Å². The van der Waals surface area contributed by atoms with Crippen molar-refractivity contribution in [2.75, 3.05) is 18.4 Å². The van der Waals surface area contributed by atoms with E-state index in [1.54, 1.807) is 18.5 Å². The molecule has 0 aromatic carbocycles. The molecule has 2 N–H and O–H groups in total. The molecule has 1 aliphatic heterocycles. The summed E-state index contributed by atoms with van der Waals surface area (Å²) in [6.07, 6.45) is 6.75. The second-order valence-corrected chi connectivity index (χ2v) is 5.41. The minimum Gasteiger partial charge on any atom is -0.317 e. The molecule has 2 aromatic rings. The smallest absolute Gasteiger partial charge is 0.228 e. The minimum atomic E-state index is 0. The van der Waals surface area contributed by atoms with Crippen molar-refractivity contribution in [1.82, 2.24) is 25.3 Å². The molecule has 0 aliphatic carbocycles. The first-order valence-corrected chi connectivity index (χ1v) is 7.39. The molecule has 2 aromatic heterocycles. The van der Waals surface area contributed by atoms with Crippen LogP contribution in [0.2, 0.25) is 0 Å². The van der Waals surface area contributed by atoms with Crippen LogP contribution in [0.1, 0.15) is 24.4 Å². The van der Waals surface area contributed by atoms with Crippen LogP contribution in [0.25, 0.3) is 0 Å². The van der Waals surface area contributed by atoms with E-state index in [1.807, 2.05) is 13.0 Å². The summed E-state index contributed by atoms with van der Waals surface area (Å²) < 4.78 is 0. The number of piperidine rings is 1. The van der Waals surface area contributed by atoms with Gasteiger partial charge in [0.25, 0.3) is 0 Å². The Kier molecular flexibility index (Phi) is 6.03. The Labute approximate surface area is 136 Å². The molecule has 7 heteroatoms. The lowest BCUT2D eigenvalue weighted by atomic mass is 9.94. The fourth-order valence-corrected chi connectivity index (χ4v) is 2.61. The maximum Gasteiger partial charge on any atom is 0.228 e. The van der Waals surface area contributed by atoms with Gasteiger partial charge in [0.1, 0.15) is 11.6 Å². The van der Waals surface area contributed by atoms with Crippen LogP contribution in [-0.4, -0.2) is 33.0 Å². The predicted octanol–water partition coefficient (Wildman–Crippen LogP) is 2.28. The first-order chi connectivity index (χ1) is 10.3. The number of hydrogen-bond donors (Lipinski definition) is 2. The van der Waals surface area contributed by atoms with Crippen LogP contribution < -0.4 is 10.6 Å². The standard InChI is InChI=1S/C15H20N6.ClH/c1-11-9-13(21-15-17-5-2-6-18-15)20-14(19-11)10-12-3-7-16-8-4-12;/h2,5-6,9,12,16H,3-4,7-8,10H2,1H3,(H,17,18,19,20,21);1H. The molecule has 0 unspecified atom stereocenters. The molecular formula is C15H21ClN6. The number of halogens is 1. The minimum absolute atomic E-state index is 0. The van der Waals surface area contributed by atoms with E-state index in [0.29, 0.717) is 11.9 Å². The average molecular weight is 321 g/mol. The Morgan fingerprint density at radius 3 is 2.64 bits per heavy atom. The molecule has 0 saturated carbocycles. The summed E-state index contributed by atoms with van der Waals surface area (Å²) in [4.78, 5) is 17.5. The van der Waals surface area contributed by atoms with E-state index in [0.717, 1.165) is 36.8 Å². The summed E-state index contributed by atoms with van der Waals surface area (Å²) >= 11 is 0. The van der Waals surface area contributed by atoms with Gasteiger partial charge < -0.3 is 10.6 Å². The molecule has 1 aliphatic rings. The summed E-state index contributed by atoms with van der Waals surface area (Å²) in [7, 11) is 0. The molecule has 0 spiro atoms. The van der Waals surface area contributed by atoms with Gasteiger partial charge in [0.15, 0.2) is 0 Å². The van der Waals surface area contributed by atoms with Gasteiger partial charge in [-0.15, -0.1) is 12.4 Å². The zero-order valence-electron chi connectivity index (χ0n) is 12.6. The second kappa shape index (κ2) is 8.00. The molecule has 3 rings (SSSR count). The Balaban J connectivity index is 0.00000176. The summed E-state index contributed by atoms with van der Waals surface area (Å²) in [5.74, 6) is 2.90. The molecule has 1 fully saturated rings. The molecule has 6 nitrogen and oxygen atoms in total. The maximum absolute atomic E-state index is 4.60. The van der Waals surface area contributed by atoms with Crippen molar-refractivity contribution in [3.63, 3.8) is 0 Å². The molecule has 3 heterocycles. The topological polar surface area (TPSA) is 75.6 Å². The van der Waals surface area contributed by atoms with E-state index in [4.69, 9.17) is 0 Å². The van der Waals surface area contributed by atoms with E-state index in [9.17, 15) is 0 Å².